The molecule has 0 heterocycles. The van der Waals surface area contributed by atoms with Gasteiger partial charge in [0, 0.05) is 18.1 Å². The first-order valence-corrected chi connectivity index (χ1v) is 4.00. The Kier molecular flexibility index (Phi) is 3.12. The smallest absolute Gasteiger partial charge is 0.257 e. The number of hydrogen-bond acceptors (Lipinski definition) is 3. The Morgan fingerprint density at radius 1 is 1.21 bits per heavy atom. The van der Waals surface area contributed by atoms with Gasteiger partial charge in [-0.1, -0.05) is 12.1 Å². The maximum atomic E-state index is 11.2. The third-order valence-corrected chi connectivity index (χ3v) is 1.60. The molecule has 1 aromatic rings. The minimum absolute atomic E-state index is 0.353. The van der Waals surface area contributed by atoms with Crippen LogP contribution in [0.5, 0.6) is 0 Å². The summed E-state index contributed by atoms with van der Waals surface area (Å²) < 4.78 is 0. The molecule has 0 spiro atoms. The number of amides is 2. The topological polar surface area (TPSA) is 63.2 Å². The molecule has 0 aliphatic carbocycles. The van der Waals surface area contributed by atoms with Gasteiger partial charge in [0.05, 0.1) is 0 Å². The zero-order valence-electron chi connectivity index (χ0n) is 7.61. The highest BCUT2D eigenvalue weighted by atomic mass is 16.2. The molecule has 14 heavy (non-hydrogen) atoms. The van der Waals surface area contributed by atoms with Crippen molar-refractivity contribution in [3.8, 4) is 0 Å². The van der Waals surface area contributed by atoms with Crippen molar-refractivity contribution in [2.24, 2.45) is 0 Å². The quantitative estimate of drug-likeness (QED) is 0.702. The summed E-state index contributed by atoms with van der Waals surface area (Å²) >= 11 is 0. The molecule has 72 valence electrons. The number of aldehydes is 1. The van der Waals surface area contributed by atoms with Crippen molar-refractivity contribution in [2.45, 2.75) is 6.92 Å². The third-order valence-electron chi connectivity index (χ3n) is 1.60. The lowest BCUT2D eigenvalue weighted by Gasteiger charge is -2.00. The summed E-state index contributed by atoms with van der Waals surface area (Å²) in [6.45, 7) is 1.26. The first-order valence-electron chi connectivity index (χ1n) is 4.00. The number of carbonyl (C=O) groups excluding carboxylic acids is 3. The van der Waals surface area contributed by atoms with Gasteiger partial charge in [-0.05, 0) is 12.1 Å². The number of benzene rings is 1. The van der Waals surface area contributed by atoms with Crippen molar-refractivity contribution >= 4 is 18.1 Å². The van der Waals surface area contributed by atoms with Gasteiger partial charge in [0.15, 0.2) is 0 Å². The van der Waals surface area contributed by atoms with Gasteiger partial charge >= 0.3 is 0 Å². The van der Waals surface area contributed by atoms with Crippen molar-refractivity contribution in [3.05, 3.63) is 35.4 Å². The molecular weight excluding hydrogens is 182 g/mol. The number of carbonyl (C=O) groups is 3. The van der Waals surface area contributed by atoms with E-state index >= 15 is 0 Å². The molecule has 2 amide bonds. The Hall–Kier alpha value is -1.97. The van der Waals surface area contributed by atoms with E-state index in [4.69, 9.17) is 0 Å². The Balaban J connectivity index is 2.81. The van der Waals surface area contributed by atoms with E-state index in [0.717, 1.165) is 0 Å². The molecule has 0 unspecified atom stereocenters. The highest BCUT2D eigenvalue weighted by Crippen LogP contribution is 2.01. The summed E-state index contributed by atoms with van der Waals surface area (Å²) in [5.41, 5.74) is 0.843. The van der Waals surface area contributed by atoms with E-state index in [-0.39, 0.29) is 0 Å². The summed E-state index contributed by atoms with van der Waals surface area (Å²) in [5.74, 6) is -0.871. The van der Waals surface area contributed by atoms with E-state index < -0.39 is 11.8 Å². The van der Waals surface area contributed by atoms with Crippen LogP contribution < -0.4 is 5.32 Å². The van der Waals surface area contributed by atoms with Crippen molar-refractivity contribution < 1.29 is 14.4 Å². The molecule has 1 N–H and O–H groups in total. The largest absolute Gasteiger partial charge is 0.298 e. The Bertz CT molecular complexity index is 367. The zero-order chi connectivity index (χ0) is 10.6. The molecule has 4 nitrogen and oxygen atoms in total. The van der Waals surface area contributed by atoms with Crippen LogP contribution in [0.15, 0.2) is 24.3 Å². The lowest BCUT2D eigenvalue weighted by molar-refractivity contribution is -0.118. The molecule has 0 atom stereocenters. The molecule has 0 fully saturated rings. The van der Waals surface area contributed by atoms with Gasteiger partial charge in [-0.2, -0.15) is 0 Å². The molecule has 1 aromatic carbocycles. The van der Waals surface area contributed by atoms with Gasteiger partial charge in [0.1, 0.15) is 6.29 Å². The van der Waals surface area contributed by atoms with E-state index in [1.54, 1.807) is 0 Å². The van der Waals surface area contributed by atoms with Crippen molar-refractivity contribution in [3.63, 3.8) is 0 Å². The molecule has 0 aliphatic heterocycles. The highest BCUT2D eigenvalue weighted by molar-refractivity contribution is 6.04. The van der Waals surface area contributed by atoms with E-state index in [9.17, 15) is 14.4 Å². The molecule has 4 heteroatoms. The molecule has 0 bridgehead atoms. The van der Waals surface area contributed by atoms with Gasteiger partial charge in [-0.25, -0.2) is 0 Å². The standard InChI is InChI=1S/C10H9NO3/c1-7(13)11-10(14)9-4-2-8(6-12)3-5-9/h2-6H,1H3,(H,11,13,14). The van der Waals surface area contributed by atoms with Crippen LogP contribution >= 0.6 is 0 Å². The van der Waals surface area contributed by atoms with Crippen LogP contribution in [0.4, 0.5) is 0 Å². The molecule has 0 saturated heterocycles. The van der Waals surface area contributed by atoms with Crippen LogP contribution in [0.3, 0.4) is 0 Å². The average molecular weight is 191 g/mol. The molecule has 0 saturated carbocycles. The first kappa shape index (κ1) is 10.1. The van der Waals surface area contributed by atoms with E-state index in [2.05, 4.69) is 5.32 Å². The fourth-order valence-corrected chi connectivity index (χ4v) is 0.945. The SMILES string of the molecule is CC(=O)NC(=O)c1ccc(C=O)cc1. The van der Waals surface area contributed by atoms with Crippen LogP contribution in [0, 0.1) is 0 Å². The van der Waals surface area contributed by atoms with Crippen molar-refractivity contribution in [1.82, 2.24) is 5.32 Å². The second kappa shape index (κ2) is 4.32. The van der Waals surface area contributed by atoms with Crippen LogP contribution in [-0.2, 0) is 4.79 Å². The van der Waals surface area contributed by atoms with E-state index in [1.165, 1.54) is 31.2 Å². The zero-order valence-corrected chi connectivity index (χ0v) is 7.61. The molecular formula is C10H9NO3. The first-order chi connectivity index (χ1) is 6.63. The van der Waals surface area contributed by atoms with E-state index in [1.807, 2.05) is 0 Å². The molecule has 0 aliphatic rings. The minimum Gasteiger partial charge on any atom is -0.298 e. The van der Waals surface area contributed by atoms with Crippen LogP contribution in [0.25, 0.3) is 0 Å². The maximum absolute atomic E-state index is 11.2. The molecule has 1 rings (SSSR count). The summed E-state index contributed by atoms with van der Waals surface area (Å²) in [4.78, 5) is 32.1. The Labute approximate surface area is 80.9 Å². The van der Waals surface area contributed by atoms with Gasteiger partial charge in [0.25, 0.3) is 5.91 Å². The van der Waals surface area contributed by atoms with E-state index in [0.29, 0.717) is 17.4 Å². The second-order valence-electron chi connectivity index (χ2n) is 2.75. The predicted molar refractivity (Wildman–Crippen MR) is 50.0 cm³/mol. The number of nitrogens with one attached hydrogen (secondary N) is 1. The van der Waals surface area contributed by atoms with Crippen molar-refractivity contribution in [2.75, 3.05) is 0 Å². The second-order valence-corrected chi connectivity index (χ2v) is 2.75. The summed E-state index contributed by atoms with van der Waals surface area (Å²) in [5, 5.41) is 2.13. The number of hydrogen-bond donors (Lipinski definition) is 1. The lowest BCUT2D eigenvalue weighted by Crippen LogP contribution is -2.27. The minimum atomic E-state index is -0.463. The Morgan fingerprint density at radius 2 is 1.79 bits per heavy atom. The van der Waals surface area contributed by atoms with Gasteiger partial charge in [-0.3, -0.25) is 19.7 Å². The van der Waals surface area contributed by atoms with Crippen LogP contribution in [0.2, 0.25) is 0 Å². The monoisotopic (exact) mass is 191 g/mol. The normalized spacial score (nSPS) is 9.21. The van der Waals surface area contributed by atoms with Crippen LogP contribution in [-0.4, -0.2) is 18.1 Å². The fourth-order valence-electron chi connectivity index (χ4n) is 0.945. The molecule has 0 aromatic heterocycles. The van der Waals surface area contributed by atoms with Gasteiger partial charge < -0.3 is 0 Å². The average Bonchev–Trinajstić information content (AvgIpc) is 2.17. The summed E-state index contributed by atoms with van der Waals surface area (Å²) in [7, 11) is 0. The van der Waals surface area contributed by atoms with Gasteiger partial charge in [0.2, 0.25) is 5.91 Å². The lowest BCUT2D eigenvalue weighted by atomic mass is 10.1. The third kappa shape index (κ3) is 2.52. The number of rotatable bonds is 2. The Morgan fingerprint density at radius 3 is 2.21 bits per heavy atom. The van der Waals surface area contributed by atoms with Crippen LogP contribution in [0.1, 0.15) is 27.6 Å². The van der Waals surface area contributed by atoms with Crippen molar-refractivity contribution in [1.29, 1.82) is 0 Å². The molecule has 0 radical (unpaired) electrons. The number of imide groups is 1. The summed E-state index contributed by atoms with van der Waals surface area (Å²) in [6.07, 6.45) is 0.687. The summed E-state index contributed by atoms with van der Waals surface area (Å²) in [6, 6.07) is 6.01. The highest BCUT2D eigenvalue weighted by Gasteiger charge is 2.05. The fraction of sp³-hybridized carbons (Fsp3) is 0.100. The maximum Gasteiger partial charge on any atom is 0.257 e. The predicted octanol–water partition coefficient (Wildman–Crippen LogP) is 0.775. The van der Waals surface area contributed by atoms with Gasteiger partial charge in [-0.15, -0.1) is 0 Å².